The molecule has 39 heavy (non-hydrogen) atoms. The Morgan fingerprint density at radius 3 is 1.64 bits per heavy atom. The first-order chi connectivity index (χ1) is 18.3. The number of nitrogens with one attached hydrogen (secondary N) is 1. The molecular formula is C27H44N2O10. The van der Waals surface area contributed by atoms with Gasteiger partial charge in [0.05, 0.1) is 5.54 Å². The Morgan fingerprint density at radius 1 is 0.795 bits per heavy atom. The standard InChI is InChI=1S/C27H44N2O10/c1-3-6-25(7-4-2)8-10-26(11-9-25)12-14-29(16-5-13-28-15-16)27(26,17(21(32)33)19(30)23(36)37)18(22(34)35)20(31)24(38)39/h16-20,28,30-31H,3-15H2,1-2H3,(H,32,33)(H,34,35)(H,36,37)(H,38,39)/t16-,17?,18?,19?,20?,27?/m1/s1. The molecule has 12 heteroatoms. The van der Waals surface area contributed by atoms with Crippen LogP contribution in [-0.2, 0) is 19.2 Å². The van der Waals surface area contributed by atoms with Crippen molar-refractivity contribution in [2.75, 3.05) is 19.6 Å². The van der Waals surface area contributed by atoms with Gasteiger partial charge in [-0.25, -0.2) is 9.59 Å². The average molecular weight is 557 g/mol. The van der Waals surface area contributed by atoms with Crippen LogP contribution in [0.15, 0.2) is 0 Å². The first-order valence-electron chi connectivity index (χ1n) is 14.1. The normalized spacial score (nSPS) is 29.5. The Kier molecular flexibility index (Phi) is 9.67. The van der Waals surface area contributed by atoms with Gasteiger partial charge in [-0.15, -0.1) is 0 Å². The maximum absolute atomic E-state index is 13.0. The zero-order valence-electron chi connectivity index (χ0n) is 22.8. The molecule has 12 nitrogen and oxygen atoms in total. The zero-order chi connectivity index (χ0) is 29.2. The lowest BCUT2D eigenvalue weighted by molar-refractivity contribution is -0.203. The summed E-state index contributed by atoms with van der Waals surface area (Å²) in [6.07, 6.45) is 1.46. The molecule has 7 N–H and O–H groups in total. The summed E-state index contributed by atoms with van der Waals surface area (Å²) in [5.74, 6) is -11.5. The van der Waals surface area contributed by atoms with Gasteiger partial charge < -0.3 is 36.0 Å². The Labute approximate surface area is 228 Å². The zero-order valence-corrected chi connectivity index (χ0v) is 22.8. The van der Waals surface area contributed by atoms with E-state index in [1.165, 1.54) is 0 Å². The van der Waals surface area contributed by atoms with Crippen molar-refractivity contribution in [2.45, 2.75) is 102 Å². The second-order valence-corrected chi connectivity index (χ2v) is 11.9. The van der Waals surface area contributed by atoms with Crippen LogP contribution >= 0.6 is 0 Å². The minimum atomic E-state index is -2.52. The van der Waals surface area contributed by atoms with E-state index in [1.54, 1.807) is 4.90 Å². The second-order valence-electron chi connectivity index (χ2n) is 11.9. The molecule has 3 rings (SSSR count). The van der Waals surface area contributed by atoms with Gasteiger partial charge in [-0.3, -0.25) is 14.5 Å². The van der Waals surface area contributed by atoms with Crippen molar-refractivity contribution in [2.24, 2.45) is 22.7 Å². The minimum absolute atomic E-state index is 0.0446. The van der Waals surface area contributed by atoms with Crippen LogP contribution in [0.25, 0.3) is 0 Å². The summed E-state index contributed by atoms with van der Waals surface area (Å²) in [6.45, 7) is 5.29. The molecule has 0 aromatic rings. The van der Waals surface area contributed by atoms with E-state index in [0.717, 1.165) is 25.7 Å². The van der Waals surface area contributed by atoms with Crippen LogP contribution in [0.2, 0.25) is 0 Å². The smallest absolute Gasteiger partial charge is 0.333 e. The summed E-state index contributed by atoms with van der Waals surface area (Å²) < 4.78 is 0. The fourth-order valence-corrected chi connectivity index (χ4v) is 8.63. The molecule has 5 atom stereocenters. The molecule has 222 valence electrons. The highest BCUT2D eigenvalue weighted by Crippen LogP contribution is 2.65. The SMILES string of the molecule is CCCC1(CCC)CCC2(CCN([C@@H]3CCNC3)C2(C(C(=O)O)C(O)C(=O)O)C(C(=O)O)C(O)C(=O)O)CC1. The molecule has 0 amide bonds. The third-order valence-electron chi connectivity index (χ3n) is 10.1. The molecule has 2 saturated heterocycles. The topological polar surface area (TPSA) is 205 Å². The molecule has 1 saturated carbocycles. The van der Waals surface area contributed by atoms with Crippen molar-refractivity contribution >= 4 is 23.9 Å². The fraction of sp³-hybridized carbons (Fsp3) is 0.852. The number of likely N-dealkylation sites (tertiary alicyclic amines) is 1. The second kappa shape index (κ2) is 12.1. The molecule has 2 aliphatic heterocycles. The van der Waals surface area contributed by atoms with Crippen LogP contribution in [0.5, 0.6) is 0 Å². The van der Waals surface area contributed by atoms with Crippen LogP contribution < -0.4 is 5.32 Å². The van der Waals surface area contributed by atoms with Gasteiger partial charge >= 0.3 is 23.9 Å². The highest BCUT2D eigenvalue weighted by Gasteiger charge is 2.74. The maximum Gasteiger partial charge on any atom is 0.333 e. The summed E-state index contributed by atoms with van der Waals surface area (Å²) in [5.41, 5.74) is -3.38. The minimum Gasteiger partial charge on any atom is -0.481 e. The highest BCUT2D eigenvalue weighted by molar-refractivity contribution is 5.87. The average Bonchev–Trinajstić information content (AvgIpc) is 3.49. The number of carboxylic acid groups (broad SMARTS) is 4. The molecular weight excluding hydrogens is 512 g/mol. The van der Waals surface area contributed by atoms with Crippen molar-refractivity contribution in [1.82, 2.24) is 10.2 Å². The summed E-state index contributed by atoms with van der Waals surface area (Å²) >= 11 is 0. The van der Waals surface area contributed by atoms with E-state index in [9.17, 15) is 49.8 Å². The van der Waals surface area contributed by atoms with Crippen LogP contribution in [0.1, 0.15) is 78.1 Å². The van der Waals surface area contributed by atoms with Crippen molar-refractivity contribution in [3.63, 3.8) is 0 Å². The van der Waals surface area contributed by atoms with Crippen LogP contribution in [0.3, 0.4) is 0 Å². The number of carboxylic acids is 4. The number of aliphatic hydroxyl groups is 2. The van der Waals surface area contributed by atoms with Crippen molar-refractivity contribution in [3.8, 4) is 0 Å². The number of rotatable bonds is 13. The van der Waals surface area contributed by atoms with E-state index in [-0.39, 0.29) is 12.0 Å². The monoisotopic (exact) mass is 556 g/mol. The van der Waals surface area contributed by atoms with Gasteiger partial charge in [-0.2, -0.15) is 0 Å². The van der Waals surface area contributed by atoms with E-state index in [2.05, 4.69) is 19.2 Å². The fourth-order valence-electron chi connectivity index (χ4n) is 8.63. The first-order valence-corrected chi connectivity index (χ1v) is 14.1. The molecule has 0 aromatic carbocycles. The summed E-state index contributed by atoms with van der Waals surface area (Å²) in [6, 6.07) is -0.423. The Hall–Kier alpha value is -2.28. The molecule has 3 aliphatic rings. The summed E-state index contributed by atoms with van der Waals surface area (Å²) in [5, 5.41) is 65.8. The largest absolute Gasteiger partial charge is 0.481 e. The van der Waals surface area contributed by atoms with Crippen molar-refractivity contribution in [1.29, 1.82) is 0 Å². The van der Waals surface area contributed by atoms with Crippen LogP contribution in [0.4, 0.5) is 0 Å². The van der Waals surface area contributed by atoms with Gasteiger partial charge in [-0.05, 0) is 75.3 Å². The predicted octanol–water partition coefficient (Wildman–Crippen LogP) is 1.23. The molecule has 0 radical (unpaired) electrons. The summed E-state index contributed by atoms with van der Waals surface area (Å²) in [4.78, 5) is 51.9. The predicted molar refractivity (Wildman–Crippen MR) is 138 cm³/mol. The number of hydrogen-bond donors (Lipinski definition) is 7. The van der Waals surface area contributed by atoms with Gasteiger partial charge in [0.25, 0.3) is 0 Å². The van der Waals surface area contributed by atoms with Gasteiger partial charge in [0.2, 0.25) is 0 Å². The quantitative estimate of drug-likeness (QED) is 0.171. The van der Waals surface area contributed by atoms with Crippen molar-refractivity contribution < 1.29 is 49.8 Å². The molecule has 1 aliphatic carbocycles. The van der Waals surface area contributed by atoms with E-state index < -0.39 is 64.9 Å². The highest BCUT2D eigenvalue weighted by atomic mass is 16.4. The van der Waals surface area contributed by atoms with E-state index in [1.807, 2.05) is 0 Å². The van der Waals surface area contributed by atoms with E-state index >= 15 is 0 Å². The lowest BCUT2D eigenvalue weighted by Crippen LogP contribution is -2.74. The number of nitrogens with zero attached hydrogens (tertiary/aromatic N) is 1. The Morgan fingerprint density at radius 2 is 1.28 bits per heavy atom. The first kappa shape index (κ1) is 31.3. The number of aliphatic carboxylic acids is 4. The Balaban J connectivity index is 2.35. The third kappa shape index (κ3) is 5.28. The van der Waals surface area contributed by atoms with Gasteiger partial charge in [0, 0.05) is 12.6 Å². The maximum atomic E-state index is 13.0. The summed E-state index contributed by atoms with van der Waals surface area (Å²) in [7, 11) is 0. The molecule has 0 bridgehead atoms. The lowest BCUT2D eigenvalue weighted by atomic mass is 9.48. The number of carbonyl (C=O) groups is 4. The molecule has 0 aromatic heterocycles. The van der Waals surface area contributed by atoms with Crippen LogP contribution in [0, 0.1) is 22.7 Å². The number of hydrogen-bond acceptors (Lipinski definition) is 8. The van der Waals surface area contributed by atoms with Crippen LogP contribution in [-0.4, -0.2) is 103 Å². The molecule has 3 fully saturated rings. The van der Waals surface area contributed by atoms with Gasteiger partial charge in [0.15, 0.2) is 12.2 Å². The molecule has 1 spiro atoms. The third-order valence-corrected chi connectivity index (χ3v) is 10.1. The number of aliphatic hydroxyl groups excluding tert-OH is 2. The Bertz CT molecular complexity index is 880. The van der Waals surface area contributed by atoms with E-state index in [0.29, 0.717) is 51.6 Å². The van der Waals surface area contributed by atoms with E-state index in [4.69, 9.17) is 0 Å². The lowest BCUT2D eigenvalue weighted by Gasteiger charge is -2.60. The van der Waals surface area contributed by atoms with Gasteiger partial charge in [-0.1, -0.05) is 26.7 Å². The molecule has 4 unspecified atom stereocenters. The van der Waals surface area contributed by atoms with Gasteiger partial charge in [0.1, 0.15) is 11.8 Å². The molecule has 2 heterocycles. The van der Waals surface area contributed by atoms with Crippen molar-refractivity contribution in [3.05, 3.63) is 0 Å².